The van der Waals surface area contributed by atoms with E-state index < -0.39 is 0 Å². The lowest BCUT2D eigenvalue weighted by atomic mass is 10.1. The fourth-order valence-electron chi connectivity index (χ4n) is 1.88. The molecule has 0 unspecified atom stereocenters. The van der Waals surface area contributed by atoms with E-state index in [9.17, 15) is 4.79 Å². The zero-order valence-electron chi connectivity index (χ0n) is 11.9. The number of ether oxygens (including phenoxy) is 2. The number of benzene rings is 1. The first-order valence-electron chi connectivity index (χ1n) is 6.18. The lowest BCUT2D eigenvalue weighted by Crippen LogP contribution is -2.13. The number of rotatable bonds is 6. The molecular weight excluding hydrogens is 246 g/mol. The van der Waals surface area contributed by atoms with Gasteiger partial charge in [0.2, 0.25) is 5.91 Å². The number of amides is 1. The van der Waals surface area contributed by atoms with E-state index in [2.05, 4.69) is 5.32 Å². The maximum atomic E-state index is 11.7. The number of nitrogens with one attached hydrogen (secondary N) is 1. The highest BCUT2D eigenvalue weighted by molar-refractivity contribution is 5.93. The number of carbonyl (C=O) groups is 1. The molecule has 5 heteroatoms. The fourth-order valence-corrected chi connectivity index (χ4v) is 1.88. The van der Waals surface area contributed by atoms with Gasteiger partial charge in [0.15, 0.2) is 0 Å². The largest absolute Gasteiger partial charge is 0.496 e. The summed E-state index contributed by atoms with van der Waals surface area (Å²) in [5.74, 6) is 1.18. The van der Waals surface area contributed by atoms with Gasteiger partial charge >= 0.3 is 0 Å². The van der Waals surface area contributed by atoms with Gasteiger partial charge in [-0.05, 0) is 31.4 Å². The number of aliphatic hydroxyl groups is 1. The topological polar surface area (TPSA) is 67.8 Å². The predicted molar refractivity (Wildman–Crippen MR) is 74.0 cm³/mol. The van der Waals surface area contributed by atoms with Gasteiger partial charge in [0.1, 0.15) is 11.5 Å². The minimum Gasteiger partial charge on any atom is -0.496 e. The maximum absolute atomic E-state index is 11.7. The van der Waals surface area contributed by atoms with E-state index in [1.807, 2.05) is 13.8 Å². The molecule has 1 rings (SSSR count). The molecule has 0 radical (unpaired) electrons. The Balaban J connectivity index is 3.05. The fraction of sp³-hybridized carbons (Fsp3) is 0.500. The van der Waals surface area contributed by atoms with E-state index in [0.29, 0.717) is 23.6 Å². The van der Waals surface area contributed by atoms with Gasteiger partial charge in [-0.3, -0.25) is 4.79 Å². The van der Waals surface area contributed by atoms with Crippen molar-refractivity contribution in [3.8, 4) is 11.5 Å². The van der Waals surface area contributed by atoms with E-state index in [-0.39, 0.29) is 18.9 Å². The molecule has 5 nitrogen and oxygen atoms in total. The Labute approximate surface area is 113 Å². The second-order valence-electron chi connectivity index (χ2n) is 4.28. The summed E-state index contributed by atoms with van der Waals surface area (Å²) in [5, 5.41) is 11.5. The molecule has 19 heavy (non-hydrogen) atoms. The highest BCUT2D eigenvalue weighted by atomic mass is 16.5. The molecule has 0 saturated carbocycles. The summed E-state index contributed by atoms with van der Waals surface area (Å²) in [4.78, 5) is 11.7. The molecule has 0 heterocycles. The van der Waals surface area contributed by atoms with Gasteiger partial charge in [-0.25, -0.2) is 0 Å². The zero-order chi connectivity index (χ0) is 14.4. The Bertz CT molecular complexity index is 457. The Morgan fingerprint density at radius 2 is 1.95 bits per heavy atom. The number of methoxy groups -OCH3 is 2. The molecule has 0 aromatic heterocycles. The minimum absolute atomic E-state index is 0.000795. The van der Waals surface area contributed by atoms with Crippen LogP contribution in [0.5, 0.6) is 11.5 Å². The summed E-state index contributed by atoms with van der Waals surface area (Å²) in [6, 6.07) is 1.75. The number of anilines is 1. The Kier molecular flexibility index (Phi) is 5.63. The van der Waals surface area contributed by atoms with Gasteiger partial charge in [-0.2, -0.15) is 0 Å². The summed E-state index contributed by atoms with van der Waals surface area (Å²) in [7, 11) is 3.16. The molecule has 2 N–H and O–H groups in total. The first-order chi connectivity index (χ1) is 9.04. The molecule has 0 aliphatic rings. The highest BCUT2D eigenvalue weighted by Gasteiger charge is 2.15. The van der Waals surface area contributed by atoms with Crippen molar-refractivity contribution in [1.29, 1.82) is 0 Å². The van der Waals surface area contributed by atoms with Crippen LogP contribution in [0.1, 0.15) is 24.0 Å². The van der Waals surface area contributed by atoms with Gasteiger partial charge in [0, 0.05) is 19.1 Å². The van der Waals surface area contributed by atoms with Crippen LogP contribution < -0.4 is 14.8 Å². The third-order valence-corrected chi connectivity index (χ3v) is 3.05. The molecule has 1 amide bonds. The van der Waals surface area contributed by atoms with Crippen molar-refractivity contribution in [2.45, 2.75) is 26.7 Å². The van der Waals surface area contributed by atoms with Crippen LogP contribution in [0.3, 0.4) is 0 Å². The SMILES string of the molecule is COc1cc(NC(=O)CCCO)c(OC)c(C)c1C. The van der Waals surface area contributed by atoms with Crippen molar-refractivity contribution < 1.29 is 19.4 Å². The van der Waals surface area contributed by atoms with Crippen LogP contribution in [-0.2, 0) is 4.79 Å². The van der Waals surface area contributed by atoms with E-state index in [1.54, 1.807) is 20.3 Å². The van der Waals surface area contributed by atoms with Crippen molar-refractivity contribution in [3.63, 3.8) is 0 Å². The Hall–Kier alpha value is -1.75. The van der Waals surface area contributed by atoms with Crippen molar-refractivity contribution >= 4 is 11.6 Å². The smallest absolute Gasteiger partial charge is 0.224 e. The van der Waals surface area contributed by atoms with E-state index in [0.717, 1.165) is 11.1 Å². The van der Waals surface area contributed by atoms with Crippen LogP contribution in [0.15, 0.2) is 6.07 Å². The van der Waals surface area contributed by atoms with Crippen molar-refractivity contribution in [2.75, 3.05) is 26.1 Å². The minimum atomic E-state index is -0.155. The molecule has 106 valence electrons. The van der Waals surface area contributed by atoms with Gasteiger partial charge < -0.3 is 19.9 Å². The first kappa shape index (κ1) is 15.3. The lowest BCUT2D eigenvalue weighted by molar-refractivity contribution is -0.116. The molecule has 0 saturated heterocycles. The number of hydrogen-bond donors (Lipinski definition) is 2. The molecule has 0 spiro atoms. The van der Waals surface area contributed by atoms with E-state index >= 15 is 0 Å². The number of hydrogen-bond acceptors (Lipinski definition) is 4. The van der Waals surface area contributed by atoms with Gasteiger partial charge in [0.25, 0.3) is 0 Å². The van der Waals surface area contributed by atoms with Crippen molar-refractivity contribution in [1.82, 2.24) is 0 Å². The van der Waals surface area contributed by atoms with Crippen LogP contribution in [-0.4, -0.2) is 31.8 Å². The molecular formula is C14H21NO4. The summed E-state index contributed by atoms with van der Waals surface area (Å²) < 4.78 is 10.6. The second kappa shape index (κ2) is 6.99. The average Bonchev–Trinajstić information content (AvgIpc) is 2.40. The predicted octanol–water partition coefficient (Wildman–Crippen LogP) is 2.03. The Morgan fingerprint density at radius 3 is 2.47 bits per heavy atom. The summed E-state index contributed by atoms with van der Waals surface area (Å²) in [5.41, 5.74) is 2.50. The third-order valence-electron chi connectivity index (χ3n) is 3.05. The van der Waals surface area contributed by atoms with Crippen LogP contribution >= 0.6 is 0 Å². The molecule has 0 aliphatic carbocycles. The van der Waals surface area contributed by atoms with Crippen molar-refractivity contribution in [3.05, 3.63) is 17.2 Å². The summed E-state index contributed by atoms with van der Waals surface area (Å²) >= 11 is 0. The molecule has 1 aromatic rings. The van der Waals surface area contributed by atoms with Crippen molar-refractivity contribution in [2.24, 2.45) is 0 Å². The summed E-state index contributed by atoms with van der Waals surface area (Å²) in [6.07, 6.45) is 0.713. The molecule has 0 atom stereocenters. The summed E-state index contributed by atoms with van der Waals surface area (Å²) in [6.45, 7) is 3.86. The molecule has 1 aromatic carbocycles. The van der Waals surface area contributed by atoms with E-state index in [1.165, 1.54) is 0 Å². The molecule has 0 bridgehead atoms. The third kappa shape index (κ3) is 3.61. The normalized spacial score (nSPS) is 10.2. The van der Waals surface area contributed by atoms with Gasteiger partial charge in [-0.1, -0.05) is 0 Å². The molecule has 0 fully saturated rings. The van der Waals surface area contributed by atoms with Crippen LogP contribution in [0.25, 0.3) is 0 Å². The lowest BCUT2D eigenvalue weighted by Gasteiger charge is -2.17. The monoisotopic (exact) mass is 267 g/mol. The highest BCUT2D eigenvalue weighted by Crippen LogP contribution is 2.36. The van der Waals surface area contributed by atoms with E-state index in [4.69, 9.17) is 14.6 Å². The van der Waals surface area contributed by atoms with Gasteiger partial charge in [-0.15, -0.1) is 0 Å². The second-order valence-corrected chi connectivity index (χ2v) is 4.28. The number of aliphatic hydroxyl groups excluding tert-OH is 1. The maximum Gasteiger partial charge on any atom is 0.224 e. The number of carbonyl (C=O) groups excluding carboxylic acids is 1. The average molecular weight is 267 g/mol. The quantitative estimate of drug-likeness (QED) is 0.827. The zero-order valence-corrected chi connectivity index (χ0v) is 11.9. The van der Waals surface area contributed by atoms with Crippen LogP contribution in [0, 0.1) is 13.8 Å². The van der Waals surface area contributed by atoms with Crippen LogP contribution in [0.2, 0.25) is 0 Å². The first-order valence-corrected chi connectivity index (χ1v) is 6.18. The van der Waals surface area contributed by atoms with Gasteiger partial charge in [0.05, 0.1) is 19.9 Å². The Morgan fingerprint density at radius 1 is 1.26 bits per heavy atom. The molecule has 0 aliphatic heterocycles. The standard InChI is InChI=1S/C14H21NO4/c1-9-10(2)14(19-4)11(8-12(9)18-3)15-13(17)6-5-7-16/h8,16H,5-7H2,1-4H3,(H,15,17). The van der Waals surface area contributed by atoms with Crippen LogP contribution in [0.4, 0.5) is 5.69 Å².